The van der Waals surface area contributed by atoms with Gasteiger partial charge < -0.3 is 11.1 Å². The van der Waals surface area contributed by atoms with Crippen molar-refractivity contribution < 1.29 is 35.9 Å². The molecule has 1 aliphatic rings. The van der Waals surface area contributed by atoms with Gasteiger partial charge in [-0.2, -0.15) is 18.3 Å². The van der Waals surface area contributed by atoms with Gasteiger partial charge in [0.15, 0.2) is 11.5 Å². The highest BCUT2D eigenvalue weighted by atomic mass is 19.4. The summed E-state index contributed by atoms with van der Waals surface area (Å²) in [5, 5.41) is 6.61. The van der Waals surface area contributed by atoms with E-state index in [2.05, 4.69) is 15.4 Å². The first-order valence-electron chi connectivity index (χ1n) is 13.3. The van der Waals surface area contributed by atoms with Gasteiger partial charge in [0.25, 0.3) is 5.91 Å². The van der Waals surface area contributed by atoms with Crippen molar-refractivity contribution in [2.24, 2.45) is 5.73 Å². The van der Waals surface area contributed by atoms with Crippen molar-refractivity contribution >= 4 is 11.7 Å². The zero-order chi connectivity index (χ0) is 30.9. The normalized spacial score (nSPS) is 13.9. The molecule has 224 valence electrons. The van der Waals surface area contributed by atoms with Crippen LogP contribution in [0.2, 0.25) is 0 Å². The highest BCUT2D eigenvalue weighted by Crippen LogP contribution is 2.35. The third-order valence-electron chi connectivity index (χ3n) is 7.25. The average Bonchev–Trinajstić information content (AvgIpc) is 3.31. The second-order valence-corrected chi connectivity index (χ2v) is 10.3. The van der Waals surface area contributed by atoms with Crippen LogP contribution >= 0.6 is 0 Å². The fraction of sp³-hybridized carbons (Fsp3) is 0.267. The number of nitrogens with two attached hydrogens (primary N) is 1. The van der Waals surface area contributed by atoms with E-state index < -0.39 is 53.5 Å². The Morgan fingerprint density at radius 3 is 2.49 bits per heavy atom. The molecule has 2 aromatic heterocycles. The van der Waals surface area contributed by atoms with Crippen molar-refractivity contribution in [1.29, 1.82) is 0 Å². The summed E-state index contributed by atoms with van der Waals surface area (Å²) in [6.07, 6.45) is -3.37. The number of ketones is 1. The van der Waals surface area contributed by atoms with E-state index in [1.165, 1.54) is 18.3 Å². The maximum atomic E-state index is 14.2. The summed E-state index contributed by atoms with van der Waals surface area (Å²) in [5.74, 6) is -4.80. The molecule has 13 heteroatoms. The molecule has 1 aliphatic heterocycles. The summed E-state index contributed by atoms with van der Waals surface area (Å²) in [6.45, 7) is -0.0778. The molecule has 0 bridgehead atoms. The molecule has 3 N–H and O–H groups in total. The van der Waals surface area contributed by atoms with Crippen molar-refractivity contribution in [2.45, 2.75) is 44.4 Å². The Bertz CT molecular complexity index is 1680. The van der Waals surface area contributed by atoms with Gasteiger partial charge >= 0.3 is 6.18 Å². The second kappa shape index (κ2) is 12.0. The van der Waals surface area contributed by atoms with Gasteiger partial charge in [-0.3, -0.25) is 19.3 Å². The van der Waals surface area contributed by atoms with E-state index in [-0.39, 0.29) is 42.5 Å². The van der Waals surface area contributed by atoms with E-state index in [0.29, 0.717) is 35.1 Å². The summed E-state index contributed by atoms with van der Waals surface area (Å²) < 4.78 is 84.4. The van der Waals surface area contributed by atoms with Gasteiger partial charge in [-0.05, 0) is 47.9 Å². The van der Waals surface area contributed by atoms with Crippen molar-refractivity contribution in [3.8, 4) is 11.1 Å². The molecule has 0 unspecified atom stereocenters. The number of rotatable bonds is 9. The quantitative estimate of drug-likeness (QED) is 0.260. The number of primary amides is 1. The van der Waals surface area contributed by atoms with Crippen LogP contribution in [0, 0.1) is 17.5 Å². The lowest BCUT2D eigenvalue weighted by molar-refractivity contribution is -0.142. The maximum absolute atomic E-state index is 14.2. The lowest BCUT2D eigenvalue weighted by Gasteiger charge is -2.21. The number of benzene rings is 2. The Morgan fingerprint density at radius 1 is 1.05 bits per heavy atom. The number of carbonyl (C=O) groups excluding carboxylic acids is 2. The fourth-order valence-corrected chi connectivity index (χ4v) is 5.43. The maximum Gasteiger partial charge on any atom is 0.435 e. The number of alkyl halides is 3. The molecular formula is C30H25F6N5O2. The number of hydrogen-bond acceptors (Lipinski definition) is 5. The molecule has 0 saturated carbocycles. The number of halogens is 6. The highest BCUT2D eigenvalue weighted by molar-refractivity contribution is 5.94. The highest BCUT2D eigenvalue weighted by Gasteiger charge is 2.40. The Labute approximate surface area is 241 Å². The number of amides is 1. The smallest absolute Gasteiger partial charge is 0.366 e. The molecular weight excluding hydrogens is 576 g/mol. The number of hydrogen-bond donors (Lipinski definition) is 2. The summed E-state index contributed by atoms with van der Waals surface area (Å²) >= 11 is 0. The Hall–Kier alpha value is -4.52. The minimum atomic E-state index is -4.71. The predicted octanol–water partition coefficient (Wildman–Crippen LogP) is 5.11. The largest absolute Gasteiger partial charge is 0.435 e. The first-order chi connectivity index (χ1) is 20.4. The zero-order valence-corrected chi connectivity index (χ0v) is 22.5. The number of pyridine rings is 1. The number of Topliss-reactive ketones (excluding diaryl/α,β-unsaturated/α-hetero) is 1. The van der Waals surface area contributed by atoms with Gasteiger partial charge in [-0.15, -0.1) is 0 Å². The van der Waals surface area contributed by atoms with Crippen LogP contribution < -0.4 is 11.1 Å². The molecule has 0 radical (unpaired) electrons. The van der Waals surface area contributed by atoms with Crippen LogP contribution in [0.5, 0.6) is 0 Å². The summed E-state index contributed by atoms with van der Waals surface area (Å²) in [4.78, 5) is 29.7. The van der Waals surface area contributed by atoms with E-state index >= 15 is 0 Å². The van der Waals surface area contributed by atoms with Gasteiger partial charge in [-0.25, -0.2) is 13.2 Å². The van der Waals surface area contributed by atoms with E-state index in [1.807, 2.05) is 0 Å². The van der Waals surface area contributed by atoms with Gasteiger partial charge in [0.1, 0.15) is 17.5 Å². The second-order valence-electron chi connectivity index (χ2n) is 10.3. The lowest BCUT2D eigenvalue weighted by Crippen LogP contribution is -2.27. The van der Waals surface area contributed by atoms with E-state index in [1.54, 1.807) is 12.1 Å². The number of nitrogens with zero attached hydrogens (tertiary/aromatic N) is 3. The first-order valence-corrected chi connectivity index (χ1v) is 13.3. The third kappa shape index (κ3) is 6.61. The van der Waals surface area contributed by atoms with Gasteiger partial charge in [0, 0.05) is 60.9 Å². The zero-order valence-electron chi connectivity index (χ0n) is 22.5. The molecule has 0 aliphatic carbocycles. The van der Waals surface area contributed by atoms with E-state index in [9.17, 15) is 35.9 Å². The molecule has 0 saturated heterocycles. The molecule has 0 spiro atoms. The number of aromatic nitrogens is 3. The predicted molar refractivity (Wildman–Crippen MR) is 143 cm³/mol. The van der Waals surface area contributed by atoms with Crippen LogP contribution in [0.15, 0.2) is 54.7 Å². The van der Waals surface area contributed by atoms with E-state index in [0.717, 1.165) is 22.9 Å². The van der Waals surface area contributed by atoms with Gasteiger partial charge in [-0.1, -0.05) is 12.1 Å². The summed E-state index contributed by atoms with van der Waals surface area (Å²) in [7, 11) is 0. The minimum absolute atomic E-state index is 0.00749. The number of nitrogens with one attached hydrogen (secondary N) is 1. The topological polar surface area (TPSA) is 103 Å². The molecule has 7 nitrogen and oxygen atoms in total. The molecule has 1 amide bonds. The lowest BCUT2D eigenvalue weighted by atomic mass is 9.86. The minimum Gasteiger partial charge on any atom is -0.366 e. The molecule has 2 aromatic carbocycles. The van der Waals surface area contributed by atoms with Crippen molar-refractivity contribution in [3.05, 3.63) is 106 Å². The summed E-state index contributed by atoms with van der Waals surface area (Å²) in [5.41, 5.74) is 5.46. The molecule has 3 heterocycles. The van der Waals surface area contributed by atoms with Crippen LogP contribution in [0.1, 0.15) is 50.9 Å². The fourth-order valence-electron chi connectivity index (χ4n) is 5.43. The number of carbonyl (C=O) groups is 2. The van der Waals surface area contributed by atoms with Crippen LogP contribution in [-0.2, 0) is 36.9 Å². The van der Waals surface area contributed by atoms with Crippen LogP contribution in [0.4, 0.5) is 26.3 Å². The standard InChI is InChI=1S/C30H25F6N5O2/c31-19-9-16(10-20(32)13-19)8-18(27-22(2-1-6-39-27)17-3-4-25(33)23(12-17)29(37)43)11-21(42)15-41-26-5-7-38-14-24(26)28(40-41)30(34,35)36/h1-4,6,9-10,12-13,18,38H,5,7-8,11,14-15H2,(H2,37,43)/t18-/m1/s1. The first kappa shape index (κ1) is 30.0. The van der Waals surface area contributed by atoms with Crippen molar-refractivity contribution in [3.63, 3.8) is 0 Å². The Morgan fingerprint density at radius 2 is 1.79 bits per heavy atom. The van der Waals surface area contributed by atoms with Crippen molar-refractivity contribution in [2.75, 3.05) is 6.54 Å². The number of fused-ring (bicyclic) bond motifs is 1. The van der Waals surface area contributed by atoms with Gasteiger partial charge in [0.05, 0.1) is 17.8 Å². The van der Waals surface area contributed by atoms with Crippen molar-refractivity contribution in [1.82, 2.24) is 20.1 Å². The Kier molecular flexibility index (Phi) is 8.36. The molecule has 43 heavy (non-hydrogen) atoms. The SMILES string of the molecule is NC(=O)c1cc(-c2cccnc2[C@@H](CC(=O)Cn2nc(C(F)(F)F)c3c2CCNC3)Cc2cc(F)cc(F)c2)ccc1F. The van der Waals surface area contributed by atoms with Crippen LogP contribution in [0.3, 0.4) is 0 Å². The van der Waals surface area contributed by atoms with E-state index in [4.69, 9.17) is 5.73 Å². The van der Waals surface area contributed by atoms with Crippen LogP contribution in [0.25, 0.3) is 11.1 Å². The monoisotopic (exact) mass is 601 g/mol. The molecule has 4 aromatic rings. The molecule has 0 fully saturated rings. The average molecular weight is 602 g/mol. The third-order valence-corrected chi connectivity index (χ3v) is 7.25. The molecule has 1 atom stereocenters. The van der Waals surface area contributed by atoms with Gasteiger partial charge in [0.2, 0.25) is 0 Å². The van der Waals surface area contributed by atoms with Crippen LogP contribution in [-0.4, -0.2) is 33.0 Å². The Balaban J connectivity index is 1.52. The summed E-state index contributed by atoms with van der Waals surface area (Å²) in [6, 6.07) is 9.81. The molecule has 5 rings (SSSR count).